The Labute approximate surface area is 118 Å². The van der Waals surface area contributed by atoms with Gasteiger partial charge >= 0.3 is 0 Å². The van der Waals surface area contributed by atoms with Gasteiger partial charge in [-0.2, -0.15) is 0 Å². The van der Waals surface area contributed by atoms with Crippen molar-refractivity contribution in [1.29, 1.82) is 0 Å². The van der Waals surface area contributed by atoms with E-state index >= 15 is 0 Å². The number of hydrogen-bond acceptors (Lipinski definition) is 2. The van der Waals surface area contributed by atoms with Gasteiger partial charge in [-0.25, -0.2) is 0 Å². The fraction of sp³-hybridized carbons (Fsp3) is 0.750. The van der Waals surface area contributed by atoms with Crippen LogP contribution in [0.25, 0.3) is 0 Å². The zero-order valence-corrected chi connectivity index (χ0v) is 13.0. The lowest BCUT2D eigenvalue weighted by Crippen LogP contribution is -2.31. The van der Waals surface area contributed by atoms with Crippen molar-refractivity contribution in [3.05, 3.63) is 23.0 Å². The Morgan fingerprint density at radius 2 is 1.89 bits per heavy atom. The first-order valence-corrected chi connectivity index (χ1v) is 7.59. The Balaban J connectivity index is 1.68. The minimum atomic E-state index is 0.933. The molecular weight excluding hydrogens is 234 g/mol. The molecule has 1 aromatic rings. The summed E-state index contributed by atoms with van der Waals surface area (Å²) in [6.07, 6.45) is 4.09. The molecule has 0 unspecified atom stereocenters. The van der Waals surface area contributed by atoms with Gasteiger partial charge in [-0.3, -0.25) is 0 Å². The van der Waals surface area contributed by atoms with Gasteiger partial charge in [0.25, 0.3) is 0 Å². The molecule has 2 heterocycles. The van der Waals surface area contributed by atoms with Crippen molar-refractivity contribution in [2.75, 3.05) is 26.7 Å². The molecule has 0 bridgehead atoms. The molecular formula is C16H29N3. The zero-order valence-electron chi connectivity index (χ0n) is 13.0. The van der Waals surface area contributed by atoms with Gasteiger partial charge in [-0.15, -0.1) is 0 Å². The molecule has 1 aliphatic heterocycles. The summed E-state index contributed by atoms with van der Waals surface area (Å²) in [6.45, 7) is 9.11. The van der Waals surface area contributed by atoms with Crippen molar-refractivity contribution in [3.8, 4) is 0 Å². The topological polar surface area (TPSA) is 20.2 Å². The van der Waals surface area contributed by atoms with Crippen LogP contribution in [0.1, 0.15) is 36.2 Å². The van der Waals surface area contributed by atoms with Gasteiger partial charge < -0.3 is 14.8 Å². The van der Waals surface area contributed by atoms with Crippen LogP contribution in [-0.2, 0) is 13.6 Å². The highest BCUT2D eigenvalue weighted by molar-refractivity contribution is 5.26. The molecule has 0 amide bonds. The third kappa shape index (κ3) is 3.83. The van der Waals surface area contributed by atoms with E-state index in [-0.39, 0.29) is 0 Å². The second-order valence-electron chi connectivity index (χ2n) is 6.17. The summed E-state index contributed by atoms with van der Waals surface area (Å²) >= 11 is 0. The second kappa shape index (κ2) is 6.58. The maximum Gasteiger partial charge on any atom is 0.0223 e. The molecule has 1 saturated heterocycles. The van der Waals surface area contributed by atoms with Crippen molar-refractivity contribution in [2.45, 2.75) is 39.7 Å². The standard InChI is InChI=1S/C16H29N3/c1-13-11-16(14(2)19(13)4)12-17-8-5-15-6-9-18(3)10-7-15/h11,15,17H,5-10,12H2,1-4H3. The summed E-state index contributed by atoms with van der Waals surface area (Å²) in [5, 5.41) is 3.61. The van der Waals surface area contributed by atoms with Crippen LogP contribution in [0.3, 0.4) is 0 Å². The van der Waals surface area contributed by atoms with E-state index in [4.69, 9.17) is 0 Å². The quantitative estimate of drug-likeness (QED) is 0.824. The number of hydrogen-bond donors (Lipinski definition) is 1. The average molecular weight is 263 g/mol. The number of aromatic nitrogens is 1. The van der Waals surface area contributed by atoms with E-state index < -0.39 is 0 Å². The summed E-state index contributed by atoms with van der Waals surface area (Å²) in [5.41, 5.74) is 4.19. The highest BCUT2D eigenvalue weighted by atomic mass is 15.1. The number of likely N-dealkylation sites (tertiary alicyclic amines) is 1. The number of rotatable bonds is 5. The Kier molecular flexibility index (Phi) is 5.06. The largest absolute Gasteiger partial charge is 0.352 e. The van der Waals surface area contributed by atoms with Crippen molar-refractivity contribution >= 4 is 0 Å². The summed E-state index contributed by atoms with van der Waals surface area (Å²) < 4.78 is 2.27. The van der Waals surface area contributed by atoms with Gasteiger partial charge in [0.15, 0.2) is 0 Å². The first-order chi connectivity index (χ1) is 9.08. The molecule has 0 atom stereocenters. The fourth-order valence-electron chi connectivity index (χ4n) is 2.99. The molecule has 108 valence electrons. The minimum Gasteiger partial charge on any atom is -0.352 e. The normalized spacial score (nSPS) is 18.1. The highest BCUT2D eigenvalue weighted by Gasteiger charge is 2.15. The number of piperidine rings is 1. The van der Waals surface area contributed by atoms with Crippen LogP contribution in [0.15, 0.2) is 6.07 Å². The van der Waals surface area contributed by atoms with Crippen LogP contribution in [-0.4, -0.2) is 36.1 Å². The predicted octanol–water partition coefficient (Wildman–Crippen LogP) is 2.46. The minimum absolute atomic E-state index is 0.933. The molecule has 1 aromatic heterocycles. The van der Waals surface area contributed by atoms with E-state index in [0.29, 0.717) is 0 Å². The van der Waals surface area contributed by atoms with E-state index in [1.54, 1.807) is 0 Å². The van der Waals surface area contributed by atoms with Gasteiger partial charge in [0, 0.05) is 25.0 Å². The predicted molar refractivity (Wildman–Crippen MR) is 81.4 cm³/mol. The molecule has 1 fully saturated rings. The summed E-state index contributed by atoms with van der Waals surface area (Å²) in [5.74, 6) is 0.933. The molecule has 0 spiro atoms. The molecule has 1 aliphatic rings. The smallest absolute Gasteiger partial charge is 0.0223 e. The van der Waals surface area contributed by atoms with Gasteiger partial charge in [0.1, 0.15) is 0 Å². The molecule has 0 aromatic carbocycles. The number of nitrogens with zero attached hydrogens (tertiary/aromatic N) is 2. The van der Waals surface area contributed by atoms with Crippen LogP contribution in [0, 0.1) is 19.8 Å². The molecule has 1 N–H and O–H groups in total. The number of aryl methyl sites for hydroxylation is 1. The SMILES string of the molecule is Cc1cc(CNCCC2CCN(C)CC2)c(C)n1C. The van der Waals surface area contributed by atoms with Gasteiger partial charge in [-0.05, 0) is 77.3 Å². The van der Waals surface area contributed by atoms with Crippen LogP contribution >= 0.6 is 0 Å². The fourth-order valence-corrected chi connectivity index (χ4v) is 2.99. The monoisotopic (exact) mass is 263 g/mol. The van der Waals surface area contributed by atoms with E-state index in [2.05, 4.69) is 48.8 Å². The molecule has 0 radical (unpaired) electrons. The van der Waals surface area contributed by atoms with Crippen LogP contribution < -0.4 is 5.32 Å². The Morgan fingerprint density at radius 3 is 2.47 bits per heavy atom. The van der Waals surface area contributed by atoms with Crippen LogP contribution in [0.4, 0.5) is 0 Å². The molecule has 19 heavy (non-hydrogen) atoms. The molecule has 2 rings (SSSR count). The van der Waals surface area contributed by atoms with E-state index in [1.165, 1.54) is 49.3 Å². The lowest BCUT2D eigenvalue weighted by Gasteiger charge is -2.28. The Morgan fingerprint density at radius 1 is 1.21 bits per heavy atom. The Hall–Kier alpha value is -0.800. The highest BCUT2D eigenvalue weighted by Crippen LogP contribution is 2.19. The van der Waals surface area contributed by atoms with E-state index in [0.717, 1.165) is 19.0 Å². The summed E-state index contributed by atoms with van der Waals surface area (Å²) in [7, 11) is 4.38. The van der Waals surface area contributed by atoms with E-state index in [9.17, 15) is 0 Å². The molecule has 0 aliphatic carbocycles. The second-order valence-corrected chi connectivity index (χ2v) is 6.17. The van der Waals surface area contributed by atoms with Crippen molar-refractivity contribution in [2.24, 2.45) is 13.0 Å². The van der Waals surface area contributed by atoms with Crippen molar-refractivity contribution in [1.82, 2.24) is 14.8 Å². The van der Waals surface area contributed by atoms with Crippen LogP contribution in [0.5, 0.6) is 0 Å². The third-order valence-corrected chi connectivity index (χ3v) is 4.76. The first kappa shape index (κ1) is 14.6. The third-order valence-electron chi connectivity index (χ3n) is 4.76. The lowest BCUT2D eigenvalue weighted by atomic mass is 9.94. The number of nitrogens with one attached hydrogen (secondary N) is 1. The zero-order chi connectivity index (χ0) is 13.8. The van der Waals surface area contributed by atoms with Crippen LogP contribution in [0.2, 0.25) is 0 Å². The van der Waals surface area contributed by atoms with Gasteiger partial charge in [0.2, 0.25) is 0 Å². The van der Waals surface area contributed by atoms with Crippen molar-refractivity contribution < 1.29 is 0 Å². The average Bonchev–Trinajstić information content (AvgIpc) is 2.64. The van der Waals surface area contributed by atoms with Crippen molar-refractivity contribution in [3.63, 3.8) is 0 Å². The first-order valence-electron chi connectivity index (χ1n) is 7.59. The summed E-state index contributed by atoms with van der Waals surface area (Å²) in [4.78, 5) is 2.44. The Bertz CT molecular complexity index is 400. The molecule has 0 saturated carbocycles. The van der Waals surface area contributed by atoms with Gasteiger partial charge in [-0.1, -0.05) is 0 Å². The maximum absolute atomic E-state index is 3.61. The summed E-state index contributed by atoms with van der Waals surface area (Å²) in [6, 6.07) is 2.30. The maximum atomic E-state index is 3.61. The van der Waals surface area contributed by atoms with Gasteiger partial charge in [0.05, 0.1) is 0 Å². The molecule has 3 nitrogen and oxygen atoms in total. The lowest BCUT2D eigenvalue weighted by molar-refractivity contribution is 0.211. The molecule has 3 heteroatoms. The van der Waals surface area contributed by atoms with E-state index in [1.807, 2.05) is 0 Å².